The van der Waals surface area contributed by atoms with Crippen LogP contribution >= 0.6 is 11.3 Å². The van der Waals surface area contributed by atoms with Crippen LogP contribution in [0, 0.1) is 6.92 Å². The van der Waals surface area contributed by atoms with Gasteiger partial charge in [0.1, 0.15) is 0 Å². The van der Waals surface area contributed by atoms with Crippen molar-refractivity contribution in [2.45, 2.75) is 32.9 Å². The molecule has 3 nitrogen and oxygen atoms in total. The fraction of sp³-hybridized carbons (Fsp3) is 0.500. The standard InChI is InChI=1S/C10H16N2OS/c1-3-9(10(11)13)12-4-8-6-14-5-7(8)2/h5-6,9,12H,3-4H2,1-2H3,(H2,11,13). The van der Waals surface area contributed by atoms with Crippen LogP contribution in [0.4, 0.5) is 0 Å². The molecule has 0 spiro atoms. The van der Waals surface area contributed by atoms with E-state index in [2.05, 4.69) is 23.0 Å². The number of hydrogen-bond acceptors (Lipinski definition) is 3. The molecule has 0 aliphatic heterocycles. The van der Waals surface area contributed by atoms with Gasteiger partial charge >= 0.3 is 0 Å². The third kappa shape index (κ3) is 2.82. The van der Waals surface area contributed by atoms with Crippen molar-refractivity contribution in [1.29, 1.82) is 0 Å². The van der Waals surface area contributed by atoms with Gasteiger partial charge in [0.05, 0.1) is 6.04 Å². The van der Waals surface area contributed by atoms with Crippen LogP contribution in [0.5, 0.6) is 0 Å². The summed E-state index contributed by atoms with van der Waals surface area (Å²) in [5, 5.41) is 7.34. The summed E-state index contributed by atoms with van der Waals surface area (Å²) >= 11 is 1.68. The number of primary amides is 1. The number of carbonyl (C=O) groups excluding carboxylic acids is 1. The molecule has 1 aromatic heterocycles. The lowest BCUT2D eigenvalue weighted by Gasteiger charge is -2.12. The van der Waals surface area contributed by atoms with Gasteiger partial charge in [0, 0.05) is 6.54 Å². The second-order valence-electron chi connectivity index (χ2n) is 3.32. The summed E-state index contributed by atoms with van der Waals surface area (Å²) in [4.78, 5) is 10.9. The van der Waals surface area contributed by atoms with Crippen molar-refractivity contribution in [3.8, 4) is 0 Å². The van der Waals surface area contributed by atoms with E-state index in [1.165, 1.54) is 11.1 Å². The number of carbonyl (C=O) groups is 1. The van der Waals surface area contributed by atoms with Crippen LogP contribution in [0.25, 0.3) is 0 Å². The molecule has 0 fully saturated rings. The van der Waals surface area contributed by atoms with E-state index in [1.54, 1.807) is 11.3 Å². The van der Waals surface area contributed by atoms with Crippen LogP contribution in [0.1, 0.15) is 24.5 Å². The molecule has 1 unspecified atom stereocenters. The van der Waals surface area contributed by atoms with Crippen LogP contribution in [0.2, 0.25) is 0 Å². The lowest BCUT2D eigenvalue weighted by molar-refractivity contribution is -0.120. The summed E-state index contributed by atoms with van der Waals surface area (Å²) in [7, 11) is 0. The Hall–Kier alpha value is -0.870. The Kier molecular flexibility index (Phi) is 4.10. The van der Waals surface area contributed by atoms with Crippen LogP contribution < -0.4 is 11.1 Å². The van der Waals surface area contributed by atoms with E-state index in [-0.39, 0.29) is 11.9 Å². The minimum Gasteiger partial charge on any atom is -0.368 e. The number of thiophene rings is 1. The topological polar surface area (TPSA) is 55.1 Å². The molecule has 4 heteroatoms. The second-order valence-corrected chi connectivity index (χ2v) is 4.07. The minimum absolute atomic E-state index is 0.214. The van der Waals surface area contributed by atoms with Crippen molar-refractivity contribution in [2.24, 2.45) is 5.73 Å². The Bertz CT molecular complexity index is 309. The van der Waals surface area contributed by atoms with Gasteiger partial charge < -0.3 is 11.1 Å². The fourth-order valence-corrected chi connectivity index (χ4v) is 2.10. The molecule has 1 amide bonds. The van der Waals surface area contributed by atoms with Gasteiger partial charge in [0.2, 0.25) is 5.91 Å². The molecule has 0 aliphatic rings. The average Bonchev–Trinajstić information content (AvgIpc) is 2.52. The zero-order valence-electron chi connectivity index (χ0n) is 8.54. The molecule has 0 saturated carbocycles. The van der Waals surface area contributed by atoms with Crippen molar-refractivity contribution < 1.29 is 4.79 Å². The van der Waals surface area contributed by atoms with E-state index < -0.39 is 0 Å². The Morgan fingerprint density at radius 1 is 1.64 bits per heavy atom. The van der Waals surface area contributed by atoms with E-state index in [9.17, 15) is 4.79 Å². The first-order chi connectivity index (χ1) is 6.65. The van der Waals surface area contributed by atoms with Gasteiger partial charge in [-0.25, -0.2) is 0 Å². The maximum absolute atomic E-state index is 10.9. The molecule has 0 saturated heterocycles. The molecule has 1 atom stereocenters. The highest BCUT2D eigenvalue weighted by atomic mass is 32.1. The first-order valence-corrected chi connectivity index (χ1v) is 5.63. The molecular formula is C10H16N2OS. The van der Waals surface area contributed by atoms with Crippen LogP contribution in [0.3, 0.4) is 0 Å². The second kappa shape index (κ2) is 5.12. The molecule has 0 bridgehead atoms. The Morgan fingerprint density at radius 2 is 2.36 bits per heavy atom. The van der Waals surface area contributed by atoms with Gasteiger partial charge in [-0.05, 0) is 35.2 Å². The van der Waals surface area contributed by atoms with E-state index in [0.29, 0.717) is 0 Å². The maximum Gasteiger partial charge on any atom is 0.234 e. The fourth-order valence-electron chi connectivity index (χ4n) is 1.25. The van der Waals surface area contributed by atoms with Crippen molar-refractivity contribution >= 4 is 17.2 Å². The normalized spacial score (nSPS) is 12.7. The number of aryl methyl sites for hydroxylation is 1. The Labute approximate surface area is 88.3 Å². The quantitative estimate of drug-likeness (QED) is 0.775. The summed E-state index contributed by atoms with van der Waals surface area (Å²) in [6.45, 7) is 4.73. The summed E-state index contributed by atoms with van der Waals surface area (Å²) in [5.74, 6) is -0.277. The van der Waals surface area contributed by atoms with Crippen molar-refractivity contribution in [2.75, 3.05) is 0 Å². The molecule has 78 valence electrons. The van der Waals surface area contributed by atoms with Crippen LogP contribution in [0.15, 0.2) is 10.8 Å². The Balaban J connectivity index is 2.47. The number of amides is 1. The molecule has 1 aromatic rings. The van der Waals surface area contributed by atoms with Crippen LogP contribution in [-0.4, -0.2) is 11.9 Å². The van der Waals surface area contributed by atoms with Gasteiger partial charge in [-0.2, -0.15) is 11.3 Å². The number of nitrogens with two attached hydrogens (primary N) is 1. The van der Waals surface area contributed by atoms with Crippen molar-refractivity contribution in [3.63, 3.8) is 0 Å². The SMILES string of the molecule is CCC(NCc1cscc1C)C(N)=O. The first kappa shape index (κ1) is 11.2. The smallest absolute Gasteiger partial charge is 0.234 e. The first-order valence-electron chi connectivity index (χ1n) is 4.69. The largest absolute Gasteiger partial charge is 0.368 e. The summed E-state index contributed by atoms with van der Waals surface area (Å²) in [5.41, 5.74) is 7.74. The molecule has 0 radical (unpaired) electrons. The monoisotopic (exact) mass is 212 g/mol. The molecule has 3 N–H and O–H groups in total. The average molecular weight is 212 g/mol. The lowest BCUT2D eigenvalue weighted by atomic mass is 10.2. The van der Waals surface area contributed by atoms with E-state index in [0.717, 1.165) is 13.0 Å². The molecule has 1 rings (SSSR count). The predicted octanol–water partition coefficient (Wildman–Crippen LogP) is 1.41. The number of hydrogen-bond donors (Lipinski definition) is 2. The third-order valence-electron chi connectivity index (χ3n) is 2.25. The minimum atomic E-state index is -0.277. The summed E-state index contributed by atoms with van der Waals surface area (Å²) in [6.07, 6.45) is 0.735. The van der Waals surface area contributed by atoms with Crippen molar-refractivity contribution in [3.05, 3.63) is 21.9 Å². The zero-order valence-corrected chi connectivity index (χ0v) is 9.36. The highest BCUT2D eigenvalue weighted by molar-refractivity contribution is 7.08. The number of nitrogens with one attached hydrogen (secondary N) is 1. The highest BCUT2D eigenvalue weighted by Gasteiger charge is 2.11. The maximum atomic E-state index is 10.9. The molecule has 0 aromatic carbocycles. The van der Waals surface area contributed by atoms with Gasteiger partial charge in [0.15, 0.2) is 0 Å². The third-order valence-corrected chi connectivity index (χ3v) is 3.16. The van der Waals surface area contributed by atoms with Gasteiger partial charge in [0.25, 0.3) is 0 Å². The van der Waals surface area contributed by atoms with E-state index in [1.807, 2.05) is 6.92 Å². The molecule has 0 aliphatic carbocycles. The molecular weight excluding hydrogens is 196 g/mol. The Morgan fingerprint density at radius 3 is 2.79 bits per heavy atom. The molecule has 1 heterocycles. The highest BCUT2D eigenvalue weighted by Crippen LogP contribution is 2.13. The lowest BCUT2D eigenvalue weighted by Crippen LogP contribution is -2.40. The van der Waals surface area contributed by atoms with Gasteiger partial charge in [-0.1, -0.05) is 6.92 Å². The zero-order chi connectivity index (χ0) is 10.6. The van der Waals surface area contributed by atoms with E-state index >= 15 is 0 Å². The number of rotatable bonds is 5. The van der Waals surface area contributed by atoms with Gasteiger partial charge in [-0.15, -0.1) is 0 Å². The van der Waals surface area contributed by atoms with Crippen LogP contribution in [-0.2, 0) is 11.3 Å². The molecule has 14 heavy (non-hydrogen) atoms. The summed E-state index contributed by atoms with van der Waals surface area (Å²) in [6, 6.07) is -0.214. The van der Waals surface area contributed by atoms with Crippen molar-refractivity contribution in [1.82, 2.24) is 5.32 Å². The van der Waals surface area contributed by atoms with Gasteiger partial charge in [-0.3, -0.25) is 4.79 Å². The predicted molar refractivity (Wildman–Crippen MR) is 59.2 cm³/mol. The van der Waals surface area contributed by atoms with E-state index in [4.69, 9.17) is 5.73 Å². The summed E-state index contributed by atoms with van der Waals surface area (Å²) < 4.78 is 0.